The van der Waals surface area contributed by atoms with Crippen LogP contribution in [0.15, 0.2) is 18.5 Å². The van der Waals surface area contributed by atoms with E-state index < -0.39 is 5.60 Å². The number of aromatic nitrogens is 1. The van der Waals surface area contributed by atoms with Gasteiger partial charge in [-0.05, 0) is 58.1 Å². The average Bonchev–Trinajstić information content (AvgIpc) is 3.11. The maximum atomic E-state index is 12.4. The zero-order chi connectivity index (χ0) is 20.4. The summed E-state index contributed by atoms with van der Waals surface area (Å²) in [6.07, 6.45) is 14.2. The monoisotopic (exact) mass is 390 g/mol. The van der Waals surface area contributed by atoms with Crippen LogP contribution in [0, 0.1) is 0 Å². The Morgan fingerprint density at radius 2 is 1.93 bits per heavy atom. The van der Waals surface area contributed by atoms with Crippen molar-refractivity contribution < 1.29 is 14.3 Å². The molecule has 0 radical (unpaired) electrons. The summed E-state index contributed by atoms with van der Waals surface area (Å²) in [5.41, 5.74) is 0.753. The highest BCUT2D eigenvalue weighted by molar-refractivity contribution is 5.69. The van der Waals surface area contributed by atoms with Crippen LogP contribution in [-0.4, -0.2) is 40.8 Å². The summed E-state index contributed by atoms with van der Waals surface area (Å²) >= 11 is 0. The molecule has 1 atom stereocenters. The summed E-state index contributed by atoms with van der Waals surface area (Å²) in [6, 6.07) is 2.16. The smallest absolute Gasteiger partial charge is 0.410 e. The third kappa shape index (κ3) is 8.07. The van der Waals surface area contributed by atoms with E-state index in [-0.39, 0.29) is 12.1 Å². The predicted octanol–water partition coefficient (Wildman–Crippen LogP) is 5.76. The van der Waals surface area contributed by atoms with E-state index in [2.05, 4.69) is 18.0 Å². The van der Waals surface area contributed by atoms with E-state index in [0.717, 1.165) is 31.6 Å². The van der Waals surface area contributed by atoms with E-state index in [1.807, 2.05) is 27.0 Å². The summed E-state index contributed by atoms with van der Waals surface area (Å²) in [5.74, 6) is 0.791. The first-order valence-corrected chi connectivity index (χ1v) is 11.0. The normalized spacial score (nSPS) is 17.0. The van der Waals surface area contributed by atoms with Crippen molar-refractivity contribution in [3.8, 4) is 5.75 Å². The highest BCUT2D eigenvalue weighted by Crippen LogP contribution is 2.22. The van der Waals surface area contributed by atoms with Gasteiger partial charge in [-0.15, -0.1) is 0 Å². The van der Waals surface area contributed by atoms with Crippen molar-refractivity contribution >= 4 is 6.09 Å². The second kappa shape index (κ2) is 11.3. The molecule has 1 fully saturated rings. The van der Waals surface area contributed by atoms with Gasteiger partial charge in [-0.25, -0.2) is 4.79 Å². The topological polar surface area (TPSA) is 51.7 Å². The lowest BCUT2D eigenvalue weighted by atomic mass is 10.1. The van der Waals surface area contributed by atoms with Crippen LogP contribution in [0.3, 0.4) is 0 Å². The molecule has 2 heterocycles. The molecule has 1 aromatic rings. The van der Waals surface area contributed by atoms with Gasteiger partial charge in [-0.1, -0.05) is 39.0 Å². The van der Waals surface area contributed by atoms with E-state index >= 15 is 0 Å². The fraction of sp³-hybridized carbons (Fsp3) is 0.739. The fourth-order valence-corrected chi connectivity index (χ4v) is 3.55. The van der Waals surface area contributed by atoms with Gasteiger partial charge in [0.05, 0.1) is 12.2 Å². The quantitative estimate of drug-likeness (QED) is 0.476. The molecular weight excluding hydrogens is 352 g/mol. The molecule has 0 saturated carbocycles. The van der Waals surface area contributed by atoms with Crippen LogP contribution in [0.2, 0.25) is 0 Å². The van der Waals surface area contributed by atoms with Crippen LogP contribution in [0.1, 0.15) is 84.6 Å². The van der Waals surface area contributed by atoms with Crippen LogP contribution in [0.25, 0.3) is 0 Å². The highest BCUT2D eigenvalue weighted by Gasteiger charge is 2.32. The number of amides is 1. The third-order valence-corrected chi connectivity index (χ3v) is 5.04. The number of nitrogens with zero attached hydrogens (tertiary/aromatic N) is 2. The summed E-state index contributed by atoms with van der Waals surface area (Å²) in [5, 5.41) is 0. The molecule has 5 nitrogen and oxygen atoms in total. The minimum atomic E-state index is -0.472. The fourth-order valence-electron chi connectivity index (χ4n) is 3.55. The van der Waals surface area contributed by atoms with Crippen LogP contribution in [-0.2, 0) is 11.2 Å². The van der Waals surface area contributed by atoms with Crippen molar-refractivity contribution in [1.29, 1.82) is 0 Å². The molecular formula is C23H38N2O3. The molecule has 0 bridgehead atoms. The van der Waals surface area contributed by atoms with E-state index in [1.54, 1.807) is 11.1 Å². The first-order chi connectivity index (χ1) is 13.4. The van der Waals surface area contributed by atoms with Gasteiger partial charge in [0.2, 0.25) is 0 Å². The van der Waals surface area contributed by atoms with Crippen molar-refractivity contribution in [2.75, 3.05) is 13.2 Å². The summed E-state index contributed by atoms with van der Waals surface area (Å²) in [4.78, 5) is 18.5. The molecule has 158 valence electrons. The molecule has 28 heavy (non-hydrogen) atoms. The van der Waals surface area contributed by atoms with E-state index in [9.17, 15) is 4.79 Å². The number of pyridine rings is 1. The molecule has 1 aromatic heterocycles. The SMILES string of the molecule is CCCCCCCCc1cncc(OC[C@H]2CCCN2C(=O)OC(C)(C)C)c1. The summed E-state index contributed by atoms with van der Waals surface area (Å²) < 4.78 is 11.5. The lowest BCUT2D eigenvalue weighted by Crippen LogP contribution is -2.42. The minimum Gasteiger partial charge on any atom is -0.490 e. The molecule has 0 aliphatic carbocycles. The molecule has 0 N–H and O–H groups in total. The van der Waals surface area contributed by atoms with Gasteiger partial charge in [-0.3, -0.25) is 4.98 Å². The summed E-state index contributed by atoms with van der Waals surface area (Å²) in [7, 11) is 0. The minimum absolute atomic E-state index is 0.0667. The Balaban J connectivity index is 1.78. The van der Waals surface area contributed by atoms with Gasteiger partial charge in [0.15, 0.2) is 0 Å². The zero-order valence-corrected chi connectivity index (χ0v) is 18.2. The van der Waals surface area contributed by atoms with Crippen LogP contribution in [0.4, 0.5) is 4.79 Å². The van der Waals surface area contributed by atoms with Gasteiger partial charge in [-0.2, -0.15) is 0 Å². The number of likely N-dealkylation sites (tertiary alicyclic amines) is 1. The molecule has 1 amide bonds. The van der Waals surface area contributed by atoms with E-state index in [1.165, 1.54) is 44.1 Å². The Bertz CT molecular complexity index is 598. The van der Waals surface area contributed by atoms with Crippen LogP contribution < -0.4 is 4.74 Å². The molecule has 5 heteroatoms. The number of rotatable bonds is 10. The summed E-state index contributed by atoms with van der Waals surface area (Å²) in [6.45, 7) is 9.16. The van der Waals surface area contributed by atoms with Crippen molar-refractivity contribution in [1.82, 2.24) is 9.88 Å². The molecule has 0 spiro atoms. The predicted molar refractivity (Wildman–Crippen MR) is 113 cm³/mol. The maximum Gasteiger partial charge on any atom is 0.410 e. The Kier molecular flexibility index (Phi) is 9.07. The molecule has 1 aliphatic rings. The largest absolute Gasteiger partial charge is 0.490 e. The zero-order valence-electron chi connectivity index (χ0n) is 18.2. The van der Waals surface area contributed by atoms with Crippen LogP contribution in [0.5, 0.6) is 5.75 Å². The van der Waals surface area contributed by atoms with Gasteiger partial charge < -0.3 is 14.4 Å². The molecule has 0 unspecified atom stereocenters. The Morgan fingerprint density at radius 1 is 1.18 bits per heavy atom. The lowest BCUT2D eigenvalue weighted by molar-refractivity contribution is 0.0187. The highest BCUT2D eigenvalue weighted by atomic mass is 16.6. The number of hydrogen-bond acceptors (Lipinski definition) is 4. The Morgan fingerprint density at radius 3 is 2.68 bits per heavy atom. The van der Waals surface area contributed by atoms with E-state index in [4.69, 9.17) is 9.47 Å². The Hall–Kier alpha value is -1.78. The van der Waals surface area contributed by atoms with Crippen molar-refractivity contribution in [2.45, 2.75) is 97.1 Å². The number of unbranched alkanes of at least 4 members (excludes halogenated alkanes) is 5. The molecule has 0 aromatic carbocycles. The molecule has 1 aliphatic heterocycles. The number of carbonyl (C=O) groups excluding carboxylic acids is 1. The Labute approximate surface area is 170 Å². The van der Waals surface area contributed by atoms with Crippen molar-refractivity contribution in [3.63, 3.8) is 0 Å². The number of hydrogen-bond donors (Lipinski definition) is 0. The van der Waals surface area contributed by atoms with Gasteiger partial charge in [0, 0.05) is 12.7 Å². The number of ether oxygens (including phenoxy) is 2. The van der Waals surface area contributed by atoms with Gasteiger partial charge >= 0.3 is 6.09 Å². The maximum absolute atomic E-state index is 12.4. The average molecular weight is 391 g/mol. The second-order valence-electron chi connectivity index (χ2n) is 8.83. The van der Waals surface area contributed by atoms with Crippen molar-refractivity contribution in [2.24, 2.45) is 0 Å². The van der Waals surface area contributed by atoms with E-state index in [0.29, 0.717) is 6.61 Å². The van der Waals surface area contributed by atoms with Gasteiger partial charge in [0.25, 0.3) is 0 Å². The number of aryl methyl sites for hydroxylation is 1. The molecule has 2 rings (SSSR count). The number of carbonyl (C=O) groups is 1. The molecule has 1 saturated heterocycles. The van der Waals surface area contributed by atoms with Crippen molar-refractivity contribution in [3.05, 3.63) is 24.0 Å². The third-order valence-electron chi connectivity index (χ3n) is 5.04. The standard InChI is InChI=1S/C23H38N2O3/c1-5-6-7-8-9-10-12-19-15-21(17-24-16-19)27-18-20-13-11-14-25(20)22(26)28-23(2,3)4/h15-17,20H,5-14,18H2,1-4H3/t20-/m1/s1. The first-order valence-electron chi connectivity index (χ1n) is 11.0. The second-order valence-corrected chi connectivity index (χ2v) is 8.83. The lowest BCUT2D eigenvalue weighted by Gasteiger charge is -2.28. The van der Waals surface area contributed by atoms with Gasteiger partial charge in [0.1, 0.15) is 18.0 Å². The first kappa shape index (κ1) is 22.5. The van der Waals surface area contributed by atoms with Crippen LogP contribution >= 0.6 is 0 Å².